The van der Waals surface area contributed by atoms with Crippen molar-refractivity contribution in [2.45, 2.75) is 70.0 Å². The molecular formula is C47H49F2N7O2. The van der Waals surface area contributed by atoms with E-state index in [0.29, 0.717) is 24.7 Å². The number of carbonyl (C=O) groups is 2. The summed E-state index contributed by atoms with van der Waals surface area (Å²) in [4.78, 5) is 49.2. The quantitative estimate of drug-likeness (QED) is 0.129. The van der Waals surface area contributed by atoms with E-state index in [4.69, 9.17) is 0 Å². The number of imidazole rings is 2. The summed E-state index contributed by atoms with van der Waals surface area (Å²) in [5.41, 5.74) is 7.29. The van der Waals surface area contributed by atoms with Crippen LogP contribution in [0.15, 0.2) is 122 Å². The number of H-pyrrole nitrogens is 2. The van der Waals surface area contributed by atoms with Gasteiger partial charge in [-0.25, -0.2) is 18.7 Å². The number of nitrogens with zero attached hydrogens (tertiary/aromatic N) is 5. The maximum atomic E-state index is 15.1. The van der Waals surface area contributed by atoms with Crippen molar-refractivity contribution < 1.29 is 18.4 Å². The summed E-state index contributed by atoms with van der Waals surface area (Å²) >= 11 is 0. The Bertz CT molecular complexity index is 2310. The number of benzene rings is 4. The second-order valence-corrected chi connectivity index (χ2v) is 15.4. The first kappa shape index (κ1) is 38.9. The molecule has 0 bridgehead atoms. The largest absolute Gasteiger partial charge is 0.340 e. The molecule has 4 heterocycles. The van der Waals surface area contributed by atoms with E-state index < -0.39 is 30.5 Å². The van der Waals surface area contributed by atoms with Gasteiger partial charge in [0, 0.05) is 12.8 Å². The van der Waals surface area contributed by atoms with Crippen LogP contribution in [0.4, 0.5) is 8.78 Å². The van der Waals surface area contributed by atoms with Gasteiger partial charge in [-0.1, -0.05) is 123 Å². The zero-order valence-corrected chi connectivity index (χ0v) is 33.1. The van der Waals surface area contributed by atoms with E-state index in [1.54, 1.807) is 22.2 Å². The summed E-state index contributed by atoms with van der Waals surface area (Å²) in [5, 5.41) is 0. The molecule has 0 aliphatic carbocycles. The highest BCUT2D eigenvalue weighted by atomic mass is 19.1. The summed E-state index contributed by atoms with van der Waals surface area (Å²) in [5.74, 6) is 0.553. The third-order valence-electron chi connectivity index (χ3n) is 11.8. The molecule has 6 aromatic rings. The molecule has 58 heavy (non-hydrogen) atoms. The molecule has 2 aromatic heterocycles. The van der Waals surface area contributed by atoms with Gasteiger partial charge in [-0.2, -0.15) is 0 Å². The van der Waals surface area contributed by atoms with Crippen LogP contribution in [-0.2, 0) is 9.59 Å². The highest BCUT2D eigenvalue weighted by molar-refractivity contribution is 5.85. The molecular weight excluding hydrogens is 733 g/mol. The van der Waals surface area contributed by atoms with E-state index in [2.05, 4.69) is 24.8 Å². The minimum absolute atomic E-state index is 0.0351. The number of likely N-dealkylation sites (tertiary alicyclic amines) is 2. The molecule has 11 heteroatoms. The van der Waals surface area contributed by atoms with Crippen LogP contribution in [0.5, 0.6) is 0 Å². The molecule has 0 unspecified atom stereocenters. The number of aromatic amines is 2. The molecule has 0 radical (unpaired) electrons. The van der Waals surface area contributed by atoms with Gasteiger partial charge in [0.2, 0.25) is 11.8 Å². The topological polar surface area (TPSA) is 101 Å². The van der Waals surface area contributed by atoms with Crippen LogP contribution in [0.1, 0.15) is 80.4 Å². The summed E-state index contributed by atoms with van der Waals surface area (Å²) < 4.78 is 29.8. The van der Waals surface area contributed by atoms with Crippen LogP contribution >= 0.6 is 0 Å². The minimum Gasteiger partial charge on any atom is -0.340 e. The van der Waals surface area contributed by atoms with Crippen molar-refractivity contribution in [2.24, 2.45) is 0 Å². The lowest BCUT2D eigenvalue weighted by molar-refractivity contribution is -0.138. The van der Waals surface area contributed by atoms with Gasteiger partial charge in [-0.05, 0) is 53.4 Å². The van der Waals surface area contributed by atoms with Gasteiger partial charge in [-0.15, -0.1) is 0 Å². The predicted octanol–water partition coefficient (Wildman–Crippen LogP) is 9.24. The zero-order valence-electron chi connectivity index (χ0n) is 33.1. The predicted molar refractivity (Wildman–Crippen MR) is 222 cm³/mol. The van der Waals surface area contributed by atoms with E-state index in [1.807, 2.05) is 130 Å². The number of hydrogen-bond donors (Lipinski definition) is 2. The van der Waals surface area contributed by atoms with Crippen LogP contribution in [0.2, 0.25) is 0 Å². The van der Waals surface area contributed by atoms with E-state index in [-0.39, 0.29) is 43.7 Å². The van der Waals surface area contributed by atoms with Crippen LogP contribution in [0.25, 0.3) is 33.6 Å². The van der Waals surface area contributed by atoms with E-state index >= 15 is 4.39 Å². The lowest BCUT2D eigenvalue weighted by Crippen LogP contribution is -2.43. The van der Waals surface area contributed by atoms with Gasteiger partial charge in [-0.3, -0.25) is 14.5 Å². The van der Waals surface area contributed by atoms with Crippen LogP contribution in [0, 0.1) is 0 Å². The summed E-state index contributed by atoms with van der Waals surface area (Å²) in [7, 11) is 0. The molecule has 8 rings (SSSR count). The van der Waals surface area contributed by atoms with Crippen LogP contribution < -0.4 is 0 Å². The lowest BCUT2D eigenvalue weighted by Gasteiger charge is -2.34. The normalized spacial score (nSPS) is 20.4. The third kappa shape index (κ3) is 7.83. The van der Waals surface area contributed by atoms with Crippen molar-refractivity contribution in [3.63, 3.8) is 0 Å². The lowest BCUT2D eigenvalue weighted by atomic mass is 9.99. The Kier molecular flexibility index (Phi) is 11.3. The molecule has 9 nitrogen and oxygen atoms in total. The number of likely N-dealkylation sites (N-methyl/N-ethyl adjacent to an activating group) is 1. The second kappa shape index (κ2) is 16.9. The molecule has 6 atom stereocenters. The van der Waals surface area contributed by atoms with Crippen molar-refractivity contribution >= 4 is 11.8 Å². The molecule has 0 spiro atoms. The van der Waals surface area contributed by atoms with Crippen molar-refractivity contribution in [3.05, 3.63) is 144 Å². The summed E-state index contributed by atoms with van der Waals surface area (Å²) in [6.45, 7) is 7.41. The standard InChI is InChI=1S/C47H49F2N7O2/c1-4-54(5-2)43(36-14-10-7-11-15-36)47(58)56-29-38(49)25-42(56)45-51-27-40(53-45)35-22-18-33(19-23-35)32-16-20-34(21-17-32)39-26-50-44(52-39)41-24-37(48)28-55(41)46(57)30(3)31-12-8-6-9-13-31/h6-23,26-27,30,37-38,41-43H,4-5,24-25,28-29H2,1-3H3,(H,50,52)(H,51,53)/t30-,37+,38+,41+,42+,43-/m1/s1. The second-order valence-electron chi connectivity index (χ2n) is 15.4. The van der Waals surface area contributed by atoms with Crippen LogP contribution in [-0.4, -0.2) is 85.0 Å². The van der Waals surface area contributed by atoms with Gasteiger partial charge < -0.3 is 19.8 Å². The third-order valence-corrected chi connectivity index (χ3v) is 11.8. The fourth-order valence-corrected chi connectivity index (χ4v) is 8.59. The van der Waals surface area contributed by atoms with Gasteiger partial charge in [0.15, 0.2) is 0 Å². The molecule has 2 saturated heterocycles. The highest BCUT2D eigenvalue weighted by Gasteiger charge is 2.42. The Morgan fingerprint density at radius 2 is 1.05 bits per heavy atom. The Labute approximate surface area is 338 Å². The molecule has 2 N–H and O–H groups in total. The van der Waals surface area contributed by atoms with Gasteiger partial charge in [0.1, 0.15) is 30.0 Å². The molecule has 2 fully saturated rings. The monoisotopic (exact) mass is 781 g/mol. The Morgan fingerprint density at radius 3 is 1.50 bits per heavy atom. The number of carbonyl (C=O) groups excluding carboxylic acids is 2. The van der Waals surface area contributed by atoms with Gasteiger partial charge >= 0.3 is 0 Å². The van der Waals surface area contributed by atoms with Crippen molar-refractivity contribution in [1.29, 1.82) is 0 Å². The number of rotatable bonds is 12. The average Bonchev–Trinajstić information content (AvgIpc) is 4.10. The number of nitrogens with one attached hydrogen (secondary N) is 2. The highest BCUT2D eigenvalue weighted by Crippen LogP contribution is 2.38. The van der Waals surface area contributed by atoms with Crippen molar-refractivity contribution in [2.75, 3.05) is 26.2 Å². The van der Waals surface area contributed by atoms with E-state index in [9.17, 15) is 14.0 Å². The van der Waals surface area contributed by atoms with Crippen LogP contribution in [0.3, 0.4) is 0 Å². The smallest absolute Gasteiger partial charge is 0.245 e. The van der Waals surface area contributed by atoms with Gasteiger partial charge in [0.05, 0.1) is 54.9 Å². The average molecular weight is 782 g/mol. The molecule has 2 amide bonds. The molecule has 298 valence electrons. The van der Waals surface area contributed by atoms with E-state index in [0.717, 1.165) is 44.8 Å². The first-order chi connectivity index (χ1) is 28.2. The van der Waals surface area contributed by atoms with Crippen molar-refractivity contribution in [1.82, 2.24) is 34.6 Å². The molecule has 0 saturated carbocycles. The number of alkyl halides is 2. The number of halogens is 2. The number of hydrogen-bond acceptors (Lipinski definition) is 5. The fourth-order valence-electron chi connectivity index (χ4n) is 8.59. The zero-order chi connectivity index (χ0) is 40.3. The first-order valence-corrected chi connectivity index (χ1v) is 20.3. The summed E-state index contributed by atoms with van der Waals surface area (Å²) in [6, 6.07) is 34.1. The van der Waals surface area contributed by atoms with E-state index in [1.165, 1.54) is 0 Å². The SMILES string of the molecule is CCN(CC)[C@@H](C(=O)N1C[C@@H](F)C[C@H]1c1ncc(-c2ccc(-c3ccc(-c4cnc([C@@H]5C[C@H](F)CN5C(=O)[C@H](C)c5ccccc5)[nH]4)cc3)cc2)[nH]1)c1ccccc1. The molecule has 2 aliphatic rings. The molecule has 4 aromatic carbocycles. The number of amides is 2. The van der Waals surface area contributed by atoms with Gasteiger partial charge in [0.25, 0.3) is 0 Å². The molecule has 2 aliphatic heterocycles. The minimum atomic E-state index is -1.14. The maximum Gasteiger partial charge on any atom is 0.245 e. The van der Waals surface area contributed by atoms with Crippen molar-refractivity contribution in [3.8, 4) is 33.6 Å². The number of aromatic nitrogens is 4. The summed E-state index contributed by atoms with van der Waals surface area (Å²) in [6.07, 6.45) is 1.65. The fraction of sp³-hybridized carbons (Fsp3) is 0.319. The Morgan fingerprint density at radius 1 is 0.638 bits per heavy atom. The Balaban J connectivity index is 0.944. The Hall–Kier alpha value is -5.94. The maximum absolute atomic E-state index is 15.1. The first-order valence-electron chi connectivity index (χ1n) is 20.3.